The van der Waals surface area contributed by atoms with Gasteiger partial charge in [-0.2, -0.15) is 5.10 Å². The molecule has 0 aliphatic rings. The van der Waals surface area contributed by atoms with Crippen LogP contribution in [0.1, 0.15) is 0 Å². The standard InChI is InChI=1S/C9H8N2O3S.Li/c12-8-3-1-7(2-4-8)11-9(15(13)14)5-6-10-11;/h1-6,12H,(H,13,14);/q;+1/p-1. The molecule has 0 saturated heterocycles. The molecule has 0 spiro atoms. The van der Waals surface area contributed by atoms with E-state index in [2.05, 4.69) is 5.10 Å². The van der Waals surface area contributed by atoms with Gasteiger partial charge in [0.2, 0.25) is 0 Å². The Morgan fingerprint density at radius 2 is 1.88 bits per heavy atom. The van der Waals surface area contributed by atoms with Crippen LogP contribution in [0, 0.1) is 0 Å². The maximum Gasteiger partial charge on any atom is 1.00 e. The Hall–Kier alpha value is -1.06. The number of aromatic hydroxyl groups is 1. The van der Waals surface area contributed by atoms with E-state index < -0.39 is 11.1 Å². The van der Waals surface area contributed by atoms with Crippen LogP contribution in [-0.4, -0.2) is 23.6 Å². The monoisotopic (exact) mass is 230 g/mol. The molecule has 1 aromatic heterocycles. The van der Waals surface area contributed by atoms with E-state index in [-0.39, 0.29) is 29.6 Å². The molecule has 0 amide bonds. The van der Waals surface area contributed by atoms with Crippen LogP contribution in [0.3, 0.4) is 0 Å². The summed E-state index contributed by atoms with van der Waals surface area (Å²) >= 11 is -2.33. The summed E-state index contributed by atoms with van der Waals surface area (Å²) in [5, 5.41) is 13.0. The van der Waals surface area contributed by atoms with Gasteiger partial charge >= 0.3 is 18.9 Å². The number of phenols is 1. The molecule has 1 aromatic carbocycles. The predicted octanol–water partition coefficient (Wildman–Crippen LogP) is -2.18. The van der Waals surface area contributed by atoms with Gasteiger partial charge in [0.1, 0.15) is 10.8 Å². The van der Waals surface area contributed by atoms with Crippen molar-refractivity contribution < 1.29 is 32.7 Å². The van der Waals surface area contributed by atoms with Gasteiger partial charge in [0.15, 0.2) is 0 Å². The van der Waals surface area contributed by atoms with Gasteiger partial charge in [0.25, 0.3) is 0 Å². The number of nitrogens with zero attached hydrogens (tertiary/aromatic N) is 2. The summed E-state index contributed by atoms with van der Waals surface area (Å²) in [7, 11) is 0. The summed E-state index contributed by atoms with van der Waals surface area (Å²) < 4.78 is 22.9. The second-order valence-electron chi connectivity index (χ2n) is 2.83. The molecule has 0 fully saturated rings. The Bertz CT molecular complexity index is 498. The Labute approximate surface area is 107 Å². The van der Waals surface area contributed by atoms with Crippen molar-refractivity contribution in [1.82, 2.24) is 9.78 Å². The number of benzene rings is 1. The van der Waals surface area contributed by atoms with Crippen molar-refractivity contribution in [3.05, 3.63) is 36.5 Å². The van der Waals surface area contributed by atoms with Crippen LogP contribution in [0.4, 0.5) is 0 Å². The third-order valence-electron chi connectivity index (χ3n) is 1.87. The van der Waals surface area contributed by atoms with Gasteiger partial charge in [-0.25, -0.2) is 4.68 Å². The smallest absolute Gasteiger partial charge is 0.767 e. The average Bonchev–Trinajstić information content (AvgIpc) is 2.67. The molecule has 0 aliphatic carbocycles. The molecular weight excluding hydrogens is 223 g/mol. The molecule has 78 valence electrons. The summed E-state index contributed by atoms with van der Waals surface area (Å²) in [6.45, 7) is 0. The van der Waals surface area contributed by atoms with Crippen LogP contribution >= 0.6 is 0 Å². The first-order valence-electron chi connectivity index (χ1n) is 4.11. The Morgan fingerprint density at radius 1 is 1.25 bits per heavy atom. The van der Waals surface area contributed by atoms with Crippen molar-refractivity contribution >= 4 is 11.1 Å². The molecule has 1 heterocycles. The van der Waals surface area contributed by atoms with E-state index in [4.69, 9.17) is 5.11 Å². The Kier molecular flexibility index (Phi) is 4.33. The third kappa shape index (κ3) is 2.54. The van der Waals surface area contributed by atoms with Crippen molar-refractivity contribution in [2.75, 3.05) is 0 Å². The molecule has 1 unspecified atom stereocenters. The minimum absolute atomic E-state index is 0. The van der Waals surface area contributed by atoms with E-state index in [1.165, 1.54) is 29.1 Å². The fraction of sp³-hybridized carbons (Fsp3) is 0. The fourth-order valence-corrected chi connectivity index (χ4v) is 1.67. The van der Waals surface area contributed by atoms with Gasteiger partial charge in [-0.1, -0.05) is 0 Å². The number of hydrogen-bond donors (Lipinski definition) is 1. The molecule has 2 rings (SSSR count). The molecule has 5 nitrogen and oxygen atoms in total. The number of aromatic nitrogens is 2. The zero-order chi connectivity index (χ0) is 10.8. The molecule has 1 N–H and O–H groups in total. The summed E-state index contributed by atoms with van der Waals surface area (Å²) in [6.07, 6.45) is 1.40. The first kappa shape index (κ1) is 13.0. The molecule has 2 aromatic rings. The van der Waals surface area contributed by atoms with Crippen molar-refractivity contribution in [2.24, 2.45) is 0 Å². The zero-order valence-corrected chi connectivity index (χ0v) is 9.35. The summed E-state index contributed by atoms with van der Waals surface area (Å²) in [5.41, 5.74) is 0.581. The number of phenolic OH excluding ortho intramolecular Hbond substituents is 1. The fourth-order valence-electron chi connectivity index (χ4n) is 1.21. The van der Waals surface area contributed by atoms with Gasteiger partial charge in [0, 0.05) is 0 Å². The van der Waals surface area contributed by atoms with Crippen LogP contribution in [-0.2, 0) is 11.1 Å². The quantitative estimate of drug-likeness (QED) is 0.470. The largest absolute Gasteiger partial charge is 1.00 e. The molecule has 16 heavy (non-hydrogen) atoms. The maximum absolute atomic E-state index is 10.8. The molecule has 1 atom stereocenters. The van der Waals surface area contributed by atoms with Crippen LogP contribution in [0.5, 0.6) is 5.75 Å². The minimum atomic E-state index is -2.33. The van der Waals surface area contributed by atoms with Crippen LogP contribution in [0.15, 0.2) is 41.6 Å². The zero-order valence-electron chi connectivity index (χ0n) is 8.53. The maximum atomic E-state index is 10.8. The summed E-state index contributed by atoms with van der Waals surface area (Å²) in [6, 6.07) is 7.50. The normalized spacial score (nSPS) is 11.8. The van der Waals surface area contributed by atoms with Crippen molar-refractivity contribution in [2.45, 2.75) is 5.03 Å². The van der Waals surface area contributed by atoms with Gasteiger partial charge in [-0.3, -0.25) is 4.21 Å². The van der Waals surface area contributed by atoms with E-state index in [0.29, 0.717) is 5.69 Å². The van der Waals surface area contributed by atoms with Crippen molar-refractivity contribution in [1.29, 1.82) is 0 Å². The molecule has 0 aliphatic heterocycles. The Morgan fingerprint density at radius 3 is 2.44 bits per heavy atom. The Balaban J connectivity index is 0.00000128. The predicted molar refractivity (Wildman–Crippen MR) is 52.4 cm³/mol. The van der Waals surface area contributed by atoms with Crippen molar-refractivity contribution in [3.8, 4) is 11.4 Å². The van der Waals surface area contributed by atoms with Gasteiger partial charge in [0.05, 0.1) is 11.9 Å². The van der Waals surface area contributed by atoms with Crippen LogP contribution in [0.2, 0.25) is 0 Å². The topological polar surface area (TPSA) is 78.2 Å². The average molecular weight is 230 g/mol. The third-order valence-corrected chi connectivity index (χ3v) is 2.52. The van der Waals surface area contributed by atoms with E-state index in [1.807, 2.05) is 0 Å². The summed E-state index contributed by atoms with van der Waals surface area (Å²) in [5.74, 6) is 0.121. The SMILES string of the molecule is O=S([O-])c1ccnn1-c1ccc(O)cc1.[Li+]. The number of rotatable bonds is 2. The van der Waals surface area contributed by atoms with Crippen LogP contribution in [0.25, 0.3) is 5.69 Å². The number of hydrogen-bond acceptors (Lipinski definition) is 4. The van der Waals surface area contributed by atoms with E-state index in [1.54, 1.807) is 12.1 Å². The first-order valence-corrected chi connectivity index (χ1v) is 5.18. The van der Waals surface area contributed by atoms with Gasteiger partial charge in [-0.15, -0.1) is 0 Å². The molecule has 0 radical (unpaired) electrons. The molecule has 0 bridgehead atoms. The minimum Gasteiger partial charge on any atom is -0.767 e. The molecule has 7 heteroatoms. The van der Waals surface area contributed by atoms with Gasteiger partial charge in [-0.05, 0) is 41.4 Å². The van der Waals surface area contributed by atoms with Crippen LogP contribution < -0.4 is 18.9 Å². The van der Waals surface area contributed by atoms with E-state index in [9.17, 15) is 8.76 Å². The second-order valence-corrected chi connectivity index (χ2v) is 3.72. The van der Waals surface area contributed by atoms with E-state index >= 15 is 0 Å². The molecule has 0 saturated carbocycles. The van der Waals surface area contributed by atoms with Gasteiger partial charge < -0.3 is 9.66 Å². The second kappa shape index (κ2) is 5.32. The van der Waals surface area contributed by atoms with Crippen molar-refractivity contribution in [3.63, 3.8) is 0 Å². The first-order chi connectivity index (χ1) is 7.18. The summed E-state index contributed by atoms with van der Waals surface area (Å²) in [4.78, 5) is 0. The molecular formula is C9H7LiN2O3S. The van der Waals surface area contributed by atoms with E-state index in [0.717, 1.165) is 0 Å².